The van der Waals surface area contributed by atoms with Crippen LogP contribution in [0, 0.1) is 5.92 Å². The van der Waals surface area contributed by atoms with Crippen LogP contribution in [0.15, 0.2) is 60.7 Å². The van der Waals surface area contributed by atoms with E-state index in [-0.39, 0.29) is 12.3 Å². The number of rotatable bonds is 9. The molecule has 3 atom stereocenters. The average Bonchev–Trinajstić information content (AvgIpc) is 2.77. The van der Waals surface area contributed by atoms with Crippen LogP contribution in [0.5, 0.6) is 0 Å². The van der Waals surface area contributed by atoms with E-state index in [9.17, 15) is 14.7 Å². The number of hydrogen-bond donors (Lipinski definition) is 4. The maximum atomic E-state index is 13.3. The zero-order valence-electron chi connectivity index (χ0n) is 21.2. The molecule has 3 unspecified atom stereocenters. The van der Waals surface area contributed by atoms with Crippen molar-refractivity contribution in [2.45, 2.75) is 70.7 Å². The normalized spacial score (nSPS) is 15.2. The highest BCUT2D eigenvalue weighted by Gasteiger charge is 2.47. The SMILES string of the molecule is CC(C)CC(N)(C(=O)NC(C)(C)C)C(O)C(Cc1ccccc1)NC(=O)N(C)c1ccccc1. The van der Waals surface area contributed by atoms with E-state index in [1.54, 1.807) is 7.05 Å². The lowest BCUT2D eigenvalue weighted by Gasteiger charge is -2.40. The fourth-order valence-electron chi connectivity index (χ4n) is 3.97. The van der Waals surface area contributed by atoms with Crippen molar-refractivity contribution in [3.05, 3.63) is 66.2 Å². The third-order valence-corrected chi connectivity index (χ3v) is 5.62. The molecule has 0 aliphatic carbocycles. The van der Waals surface area contributed by atoms with E-state index in [1.807, 2.05) is 95.3 Å². The van der Waals surface area contributed by atoms with Crippen molar-refractivity contribution < 1.29 is 14.7 Å². The van der Waals surface area contributed by atoms with Crippen LogP contribution in [0.4, 0.5) is 10.5 Å². The number of aliphatic hydroxyl groups excluding tert-OH is 1. The monoisotopic (exact) mass is 468 g/mol. The molecule has 3 amide bonds. The molecule has 0 aliphatic rings. The van der Waals surface area contributed by atoms with Crippen molar-refractivity contribution in [3.8, 4) is 0 Å². The fourth-order valence-corrected chi connectivity index (χ4v) is 3.97. The molecule has 0 fully saturated rings. The molecule has 2 aromatic rings. The van der Waals surface area contributed by atoms with Crippen molar-refractivity contribution >= 4 is 17.6 Å². The first-order chi connectivity index (χ1) is 15.8. The smallest absolute Gasteiger partial charge is 0.321 e. The van der Waals surface area contributed by atoms with Gasteiger partial charge in [-0.15, -0.1) is 0 Å². The second kappa shape index (κ2) is 11.5. The Hall–Kier alpha value is -2.90. The van der Waals surface area contributed by atoms with Gasteiger partial charge in [-0.05, 0) is 57.2 Å². The minimum absolute atomic E-state index is 0.0467. The van der Waals surface area contributed by atoms with E-state index in [0.29, 0.717) is 12.1 Å². The Kier molecular flexibility index (Phi) is 9.24. The summed E-state index contributed by atoms with van der Waals surface area (Å²) in [7, 11) is 1.66. The molecule has 0 saturated heterocycles. The van der Waals surface area contributed by atoms with Crippen LogP contribution in [0.3, 0.4) is 0 Å². The van der Waals surface area contributed by atoms with E-state index in [4.69, 9.17) is 5.73 Å². The summed E-state index contributed by atoms with van der Waals surface area (Å²) in [5, 5.41) is 17.4. The minimum atomic E-state index is -1.60. The lowest BCUT2D eigenvalue weighted by atomic mass is 9.78. The van der Waals surface area contributed by atoms with Gasteiger partial charge in [-0.2, -0.15) is 0 Å². The average molecular weight is 469 g/mol. The summed E-state index contributed by atoms with van der Waals surface area (Å²) < 4.78 is 0. The first-order valence-corrected chi connectivity index (χ1v) is 11.8. The molecule has 34 heavy (non-hydrogen) atoms. The number of anilines is 1. The third-order valence-electron chi connectivity index (χ3n) is 5.62. The quantitative estimate of drug-likeness (QED) is 0.452. The second-order valence-corrected chi connectivity index (χ2v) is 10.4. The maximum Gasteiger partial charge on any atom is 0.321 e. The number of carbonyl (C=O) groups is 2. The zero-order valence-corrected chi connectivity index (χ0v) is 21.2. The van der Waals surface area contributed by atoms with Gasteiger partial charge < -0.3 is 21.5 Å². The molecule has 0 aliphatic heterocycles. The molecule has 5 N–H and O–H groups in total. The topological polar surface area (TPSA) is 108 Å². The number of urea groups is 1. The van der Waals surface area contributed by atoms with Crippen LogP contribution >= 0.6 is 0 Å². The van der Waals surface area contributed by atoms with Crippen molar-refractivity contribution in [2.24, 2.45) is 11.7 Å². The fraction of sp³-hybridized carbons (Fsp3) is 0.481. The van der Waals surface area contributed by atoms with Crippen molar-refractivity contribution in [1.29, 1.82) is 0 Å². The van der Waals surface area contributed by atoms with Crippen molar-refractivity contribution in [3.63, 3.8) is 0 Å². The Bertz CT molecular complexity index is 928. The van der Waals surface area contributed by atoms with Crippen molar-refractivity contribution in [1.82, 2.24) is 10.6 Å². The number of carbonyl (C=O) groups excluding carboxylic acids is 2. The van der Waals surface area contributed by atoms with Gasteiger partial charge in [0.1, 0.15) is 11.6 Å². The molecule has 0 spiro atoms. The largest absolute Gasteiger partial charge is 0.388 e. The summed E-state index contributed by atoms with van der Waals surface area (Å²) in [5.74, 6) is -0.393. The summed E-state index contributed by atoms with van der Waals surface area (Å²) in [4.78, 5) is 28.0. The first-order valence-electron chi connectivity index (χ1n) is 11.8. The van der Waals surface area contributed by atoms with E-state index in [0.717, 1.165) is 5.56 Å². The van der Waals surface area contributed by atoms with E-state index in [1.165, 1.54) is 4.90 Å². The highest BCUT2D eigenvalue weighted by atomic mass is 16.3. The Labute approximate surface area is 203 Å². The molecule has 2 rings (SSSR count). The molecule has 7 heteroatoms. The molecule has 0 bridgehead atoms. The molecular formula is C27H40N4O3. The van der Waals surface area contributed by atoms with Crippen molar-refractivity contribution in [2.75, 3.05) is 11.9 Å². The predicted octanol–water partition coefficient (Wildman–Crippen LogP) is 3.46. The van der Waals surface area contributed by atoms with Gasteiger partial charge in [0, 0.05) is 18.3 Å². The number of benzene rings is 2. The molecular weight excluding hydrogens is 428 g/mol. The van der Waals surface area contributed by atoms with Gasteiger partial charge >= 0.3 is 6.03 Å². The van der Waals surface area contributed by atoms with Crippen LogP contribution in [0.2, 0.25) is 0 Å². The summed E-state index contributed by atoms with van der Waals surface area (Å²) >= 11 is 0. The van der Waals surface area contributed by atoms with Gasteiger partial charge in [0.15, 0.2) is 0 Å². The van der Waals surface area contributed by atoms with Crippen LogP contribution in [0.25, 0.3) is 0 Å². The van der Waals surface area contributed by atoms with E-state index in [2.05, 4.69) is 10.6 Å². The summed E-state index contributed by atoms with van der Waals surface area (Å²) in [6.07, 6.45) is -0.757. The van der Waals surface area contributed by atoms with Gasteiger partial charge in [0.25, 0.3) is 0 Å². The van der Waals surface area contributed by atoms with Crippen LogP contribution < -0.4 is 21.3 Å². The Morgan fingerprint density at radius 3 is 2.03 bits per heavy atom. The Balaban J connectivity index is 2.39. The molecule has 0 saturated carbocycles. The minimum Gasteiger partial charge on any atom is -0.388 e. The highest BCUT2D eigenvalue weighted by molar-refractivity contribution is 5.92. The van der Waals surface area contributed by atoms with E-state index >= 15 is 0 Å². The molecule has 2 aromatic carbocycles. The van der Waals surface area contributed by atoms with E-state index < -0.39 is 35.2 Å². The Morgan fingerprint density at radius 1 is 1.00 bits per heavy atom. The summed E-state index contributed by atoms with van der Waals surface area (Å²) in [5.41, 5.74) is 6.18. The van der Waals surface area contributed by atoms with Crippen LogP contribution in [0.1, 0.15) is 46.6 Å². The van der Waals surface area contributed by atoms with Gasteiger partial charge in [-0.25, -0.2) is 4.79 Å². The molecule has 0 radical (unpaired) electrons. The zero-order chi connectivity index (χ0) is 25.5. The predicted molar refractivity (Wildman–Crippen MR) is 138 cm³/mol. The number of para-hydroxylation sites is 1. The molecule has 0 heterocycles. The van der Waals surface area contributed by atoms with Crippen LogP contribution in [-0.2, 0) is 11.2 Å². The van der Waals surface area contributed by atoms with Gasteiger partial charge in [-0.1, -0.05) is 62.4 Å². The second-order valence-electron chi connectivity index (χ2n) is 10.4. The summed E-state index contributed by atoms with van der Waals surface area (Å²) in [6, 6.07) is 17.6. The molecule has 7 nitrogen and oxygen atoms in total. The first kappa shape index (κ1) is 27.3. The standard InChI is InChI=1S/C27H40N4O3/c1-19(2)18-27(28,24(33)30-26(3,4)5)23(32)22(17-20-13-9-7-10-14-20)29-25(34)31(6)21-15-11-8-12-16-21/h7-16,19,22-23,32H,17-18,28H2,1-6H3,(H,29,34)(H,30,33). The number of amides is 3. The molecule has 0 aromatic heterocycles. The van der Waals surface area contributed by atoms with Gasteiger partial charge in [-0.3, -0.25) is 9.69 Å². The number of nitrogens with one attached hydrogen (secondary N) is 2. The maximum absolute atomic E-state index is 13.3. The number of aliphatic hydroxyl groups is 1. The third kappa shape index (κ3) is 7.57. The highest BCUT2D eigenvalue weighted by Crippen LogP contribution is 2.24. The number of hydrogen-bond acceptors (Lipinski definition) is 4. The van der Waals surface area contributed by atoms with Gasteiger partial charge in [0.2, 0.25) is 5.91 Å². The van der Waals surface area contributed by atoms with Gasteiger partial charge in [0.05, 0.1) is 6.04 Å². The number of nitrogens with zero attached hydrogens (tertiary/aromatic N) is 1. The number of nitrogens with two attached hydrogens (primary N) is 1. The lowest BCUT2D eigenvalue weighted by Crippen LogP contribution is -2.69. The van der Waals surface area contributed by atoms with Crippen LogP contribution in [-0.4, -0.2) is 47.3 Å². The Morgan fingerprint density at radius 2 is 1.53 bits per heavy atom. The molecule has 186 valence electrons. The summed E-state index contributed by atoms with van der Waals surface area (Å²) in [6.45, 7) is 9.50. The lowest BCUT2D eigenvalue weighted by molar-refractivity contribution is -0.134.